The average molecular weight is 368 g/mol. The molecule has 126 valence electrons. The van der Waals surface area contributed by atoms with Crippen molar-refractivity contribution in [1.29, 1.82) is 0 Å². The maximum atomic E-state index is 6.17. The van der Waals surface area contributed by atoms with Crippen molar-refractivity contribution in [2.24, 2.45) is 5.92 Å². The van der Waals surface area contributed by atoms with Gasteiger partial charge in [-0.3, -0.25) is 9.67 Å². The molecule has 0 amide bonds. The molecule has 0 aliphatic heterocycles. The lowest BCUT2D eigenvalue weighted by Gasteiger charge is -2.05. The quantitative estimate of drug-likeness (QED) is 0.434. The minimum atomic E-state index is 0.529. The number of thiophene rings is 1. The summed E-state index contributed by atoms with van der Waals surface area (Å²) in [7, 11) is 0. The van der Waals surface area contributed by atoms with Gasteiger partial charge < -0.3 is 0 Å². The van der Waals surface area contributed by atoms with E-state index in [0.29, 0.717) is 5.92 Å². The van der Waals surface area contributed by atoms with Crippen molar-refractivity contribution in [2.75, 3.05) is 0 Å². The number of halogens is 1. The zero-order chi connectivity index (χ0) is 17.4. The molecular formula is C20H18ClN3S. The predicted octanol–water partition coefficient (Wildman–Crippen LogP) is 6.14. The van der Waals surface area contributed by atoms with Gasteiger partial charge in [-0.05, 0) is 35.7 Å². The molecule has 3 heterocycles. The Hall–Kier alpha value is -2.17. The molecule has 0 saturated carbocycles. The Balaban J connectivity index is 1.94. The van der Waals surface area contributed by atoms with Crippen LogP contribution >= 0.6 is 22.9 Å². The summed E-state index contributed by atoms with van der Waals surface area (Å²) in [6.45, 7) is 5.28. The summed E-state index contributed by atoms with van der Waals surface area (Å²) in [6.07, 6.45) is 4.01. The van der Waals surface area contributed by atoms with Crippen LogP contribution in [0.15, 0.2) is 54.9 Å². The van der Waals surface area contributed by atoms with Gasteiger partial charge in [-0.25, -0.2) is 0 Å². The molecule has 4 rings (SSSR count). The number of hydrogen-bond donors (Lipinski definition) is 0. The Bertz CT molecular complexity index is 1030. The van der Waals surface area contributed by atoms with Crippen LogP contribution in [0.3, 0.4) is 0 Å². The summed E-state index contributed by atoms with van der Waals surface area (Å²) < 4.78 is 2.82. The summed E-state index contributed by atoms with van der Waals surface area (Å²) in [6, 6.07) is 14.3. The van der Waals surface area contributed by atoms with E-state index in [2.05, 4.69) is 37.2 Å². The molecule has 0 aliphatic carbocycles. The maximum absolute atomic E-state index is 6.17. The highest BCUT2D eigenvalue weighted by Gasteiger charge is 2.17. The van der Waals surface area contributed by atoms with Gasteiger partial charge in [-0.1, -0.05) is 43.6 Å². The van der Waals surface area contributed by atoms with Crippen molar-refractivity contribution in [1.82, 2.24) is 14.8 Å². The Labute approximate surface area is 155 Å². The highest BCUT2D eigenvalue weighted by molar-refractivity contribution is 7.19. The van der Waals surface area contributed by atoms with Gasteiger partial charge in [0, 0.05) is 29.9 Å². The molecule has 0 spiro atoms. The first-order valence-corrected chi connectivity index (χ1v) is 9.48. The molecule has 0 bridgehead atoms. The number of benzene rings is 1. The molecule has 3 nitrogen and oxygen atoms in total. The average Bonchev–Trinajstić information content (AvgIpc) is 3.20. The Morgan fingerprint density at radius 2 is 1.92 bits per heavy atom. The van der Waals surface area contributed by atoms with Crippen LogP contribution in [-0.4, -0.2) is 14.8 Å². The molecule has 5 heteroatoms. The van der Waals surface area contributed by atoms with E-state index in [9.17, 15) is 0 Å². The zero-order valence-corrected chi connectivity index (χ0v) is 15.7. The van der Waals surface area contributed by atoms with Crippen LogP contribution in [0.4, 0.5) is 0 Å². The first-order valence-electron chi connectivity index (χ1n) is 8.29. The van der Waals surface area contributed by atoms with Crippen molar-refractivity contribution >= 4 is 33.8 Å². The third-order valence-corrected chi connectivity index (χ3v) is 5.30. The summed E-state index contributed by atoms with van der Waals surface area (Å²) >= 11 is 7.73. The van der Waals surface area contributed by atoms with Gasteiger partial charge in [0.25, 0.3) is 0 Å². The Morgan fingerprint density at radius 1 is 1.08 bits per heavy atom. The number of fused-ring (bicyclic) bond motifs is 1. The molecule has 0 fully saturated rings. The topological polar surface area (TPSA) is 30.7 Å². The molecule has 0 radical (unpaired) electrons. The van der Waals surface area contributed by atoms with Gasteiger partial charge in [0.15, 0.2) is 0 Å². The summed E-state index contributed by atoms with van der Waals surface area (Å²) in [5.74, 6) is 0.529. The second kappa shape index (κ2) is 6.62. The monoisotopic (exact) mass is 367 g/mol. The first-order chi connectivity index (χ1) is 12.1. The van der Waals surface area contributed by atoms with E-state index in [-0.39, 0.29) is 0 Å². The number of para-hydroxylation sites is 1. The third kappa shape index (κ3) is 3.20. The molecule has 0 aliphatic rings. The van der Waals surface area contributed by atoms with E-state index in [1.807, 2.05) is 41.2 Å². The summed E-state index contributed by atoms with van der Waals surface area (Å²) in [4.78, 5) is 5.57. The van der Waals surface area contributed by atoms with Crippen LogP contribution in [0, 0.1) is 5.92 Å². The molecule has 0 atom stereocenters. The minimum absolute atomic E-state index is 0.529. The third-order valence-electron chi connectivity index (χ3n) is 4.06. The fourth-order valence-electron chi connectivity index (χ4n) is 3.04. The molecule has 1 aromatic carbocycles. The lowest BCUT2D eigenvalue weighted by atomic mass is 10.0. The normalized spacial score (nSPS) is 11.5. The van der Waals surface area contributed by atoms with Gasteiger partial charge in [0.05, 0.1) is 14.7 Å². The molecular weight excluding hydrogens is 350 g/mol. The highest BCUT2D eigenvalue weighted by Crippen LogP contribution is 2.38. The SMILES string of the molecule is CC(C)Cn1cc(-c2ccnc3ccccc23)c(-c2ccc(Cl)s2)n1. The van der Waals surface area contributed by atoms with Crippen LogP contribution in [0.25, 0.3) is 32.6 Å². The van der Waals surface area contributed by atoms with Crippen molar-refractivity contribution in [3.8, 4) is 21.7 Å². The van der Waals surface area contributed by atoms with E-state index in [4.69, 9.17) is 16.7 Å². The largest absolute Gasteiger partial charge is 0.271 e. The Kier molecular flexibility index (Phi) is 4.32. The molecule has 0 unspecified atom stereocenters. The van der Waals surface area contributed by atoms with Gasteiger partial charge in [0.2, 0.25) is 0 Å². The Morgan fingerprint density at radius 3 is 2.68 bits per heavy atom. The van der Waals surface area contributed by atoms with Crippen LogP contribution in [0.2, 0.25) is 4.34 Å². The van der Waals surface area contributed by atoms with Crippen molar-refractivity contribution in [3.63, 3.8) is 0 Å². The van der Waals surface area contributed by atoms with Gasteiger partial charge in [-0.15, -0.1) is 11.3 Å². The van der Waals surface area contributed by atoms with E-state index in [1.54, 1.807) is 11.3 Å². The second-order valence-corrected chi connectivity index (χ2v) is 8.20. The molecule has 0 saturated heterocycles. The van der Waals surface area contributed by atoms with Crippen LogP contribution in [-0.2, 0) is 6.54 Å². The van der Waals surface area contributed by atoms with E-state index in [0.717, 1.165) is 43.5 Å². The standard InChI is InChI=1S/C20H18ClN3S/c1-13(2)11-24-12-16(20(23-24)18-7-8-19(21)25-18)14-9-10-22-17-6-4-3-5-15(14)17/h3-10,12-13H,11H2,1-2H3. The van der Waals surface area contributed by atoms with E-state index in [1.165, 1.54) is 0 Å². The van der Waals surface area contributed by atoms with Crippen LogP contribution in [0.5, 0.6) is 0 Å². The molecule has 3 aromatic heterocycles. The van der Waals surface area contributed by atoms with Gasteiger partial charge >= 0.3 is 0 Å². The zero-order valence-electron chi connectivity index (χ0n) is 14.1. The summed E-state index contributed by atoms with van der Waals surface area (Å²) in [5.41, 5.74) is 4.25. The fourth-order valence-corrected chi connectivity index (χ4v) is 4.08. The predicted molar refractivity (Wildman–Crippen MR) is 106 cm³/mol. The lowest BCUT2D eigenvalue weighted by Crippen LogP contribution is -2.04. The maximum Gasteiger partial charge on any atom is 0.110 e. The minimum Gasteiger partial charge on any atom is -0.271 e. The van der Waals surface area contributed by atoms with Crippen LogP contribution in [0.1, 0.15) is 13.8 Å². The smallest absolute Gasteiger partial charge is 0.110 e. The summed E-state index contributed by atoms with van der Waals surface area (Å²) in [5, 5.41) is 6.00. The van der Waals surface area contributed by atoms with Gasteiger partial charge in [-0.2, -0.15) is 5.10 Å². The number of nitrogens with zero attached hydrogens (tertiary/aromatic N) is 3. The first kappa shape index (κ1) is 16.3. The number of aromatic nitrogens is 3. The van der Waals surface area contributed by atoms with E-state index >= 15 is 0 Å². The number of hydrogen-bond acceptors (Lipinski definition) is 3. The van der Waals surface area contributed by atoms with Crippen molar-refractivity contribution in [2.45, 2.75) is 20.4 Å². The molecule has 25 heavy (non-hydrogen) atoms. The highest BCUT2D eigenvalue weighted by atomic mass is 35.5. The van der Waals surface area contributed by atoms with Crippen molar-refractivity contribution < 1.29 is 0 Å². The molecule has 0 N–H and O–H groups in total. The number of rotatable bonds is 4. The molecule has 4 aromatic rings. The van der Waals surface area contributed by atoms with Gasteiger partial charge in [0.1, 0.15) is 5.69 Å². The second-order valence-electron chi connectivity index (χ2n) is 6.49. The fraction of sp³-hybridized carbons (Fsp3) is 0.200. The van der Waals surface area contributed by atoms with Crippen molar-refractivity contribution in [3.05, 3.63) is 59.2 Å². The number of pyridine rings is 1. The van der Waals surface area contributed by atoms with E-state index < -0.39 is 0 Å². The lowest BCUT2D eigenvalue weighted by molar-refractivity contribution is 0.484. The van der Waals surface area contributed by atoms with Crippen LogP contribution < -0.4 is 0 Å².